The fourth-order valence-electron chi connectivity index (χ4n) is 0.986. The summed E-state index contributed by atoms with van der Waals surface area (Å²) in [5.74, 6) is 0. The van der Waals surface area contributed by atoms with Crippen molar-refractivity contribution >= 4 is 11.8 Å². The van der Waals surface area contributed by atoms with E-state index in [0.717, 1.165) is 0 Å². The van der Waals surface area contributed by atoms with E-state index in [4.69, 9.17) is 17.1 Å². The first kappa shape index (κ1) is 9.52. The lowest BCUT2D eigenvalue weighted by atomic mass is 10.1. The highest BCUT2D eigenvalue weighted by Crippen LogP contribution is 2.21. The van der Waals surface area contributed by atoms with Gasteiger partial charge in [-0.1, -0.05) is 18.2 Å². The van der Waals surface area contributed by atoms with Crippen molar-refractivity contribution in [1.29, 1.82) is 10.5 Å². The first-order valence-electron chi connectivity index (χ1n) is 3.79. The molecule has 1 aromatic carbocycles. The number of nitriles is 2. The average molecular weight is 179 g/mol. The molecule has 0 radical (unpaired) electrons. The molecule has 0 spiro atoms. The molecule has 0 N–H and O–H groups in total. The first-order chi connectivity index (χ1) is 6.81. The fourth-order valence-corrected chi connectivity index (χ4v) is 0.986. The number of hydrogen-bond donors (Lipinski definition) is 0. The van der Waals surface area contributed by atoms with Crippen LogP contribution in [0.5, 0.6) is 0 Å². The standard InChI is InChI=1S/C11H5N3/c1-14-11-5-4-9(8-13)7-10(11)3-2-6-12/h2-5,7H. The van der Waals surface area contributed by atoms with Crippen LogP contribution in [0.4, 0.5) is 5.69 Å². The Morgan fingerprint density at radius 3 is 2.71 bits per heavy atom. The van der Waals surface area contributed by atoms with Crippen LogP contribution in [0, 0.1) is 29.2 Å². The summed E-state index contributed by atoms with van der Waals surface area (Å²) in [6.45, 7) is 6.87. The lowest BCUT2D eigenvalue weighted by molar-refractivity contribution is 1.48. The van der Waals surface area contributed by atoms with Crippen LogP contribution in [-0.2, 0) is 0 Å². The molecule has 0 saturated heterocycles. The average Bonchev–Trinajstić information content (AvgIpc) is 2.25. The molecule has 0 heterocycles. The Labute approximate surface area is 82.0 Å². The molecule has 1 rings (SSSR count). The van der Waals surface area contributed by atoms with E-state index in [1.807, 2.05) is 12.1 Å². The van der Waals surface area contributed by atoms with Crippen LogP contribution in [0.3, 0.4) is 0 Å². The van der Waals surface area contributed by atoms with E-state index in [9.17, 15) is 0 Å². The SMILES string of the molecule is [C-]#[N+]c1ccc(C#N)cc1C=CC#N. The minimum Gasteiger partial charge on any atom is -0.238 e. The topological polar surface area (TPSA) is 51.9 Å². The molecule has 14 heavy (non-hydrogen) atoms. The van der Waals surface area contributed by atoms with Gasteiger partial charge in [-0.15, -0.1) is 0 Å². The lowest BCUT2D eigenvalue weighted by Crippen LogP contribution is -1.77. The van der Waals surface area contributed by atoms with Gasteiger partial charge >= 0.3 is 0 Å². The Morgan fingerprint density at radius 1 is 1.36 bits per heavy atom. The van der Waals surface area contributed by atoms with Crippen LogP contribution in [-0.4, -0.2) is 0 Å². The molecule has 0 fully saturated rings. The molecule has 3 nitrogen and oxygen atoms in total. The Hall–Kier alpha value is -2.57. The highest BCUT2D eigenvalue weighted by atomic mass is 14.6. The molecular weight excluding hydrogens is 174 g/mol. The second-order valence-corrected chi connectivity index (χ2v) is 2.46. The van der Waals surface area contributed by atoms with E-state index >= 15 is 0 Å². The monoisotopic (exact) mass is 179 g/mol. The van der Waals surface area contributed by atoms with E-state index < -0.39 is 0 Å². The third-order valence-electron chi connectivity index (χ3n) is 1.61. The van der Waals surface area contributed by atoms with Gasteiger partial charge in [-0.25, -0.2) is 4.85 Å². The van der Waals surface area contributed by atoms with E-state index in [2.05, 4.69) is 4.85 Å². The second-order valence-electron chi connectivity index (χ2n) is 2.46. The normalized spacial score (nSPS) is 8.93. The van der Waals surface area contributed by atoms with E-state index in [1.54, 1.807) is 18.2 Å². The van der Waals surface area contributed by atoms with Gasteiger partial charge in [-0.2, -0.15) is 10.5 Å². The summed E-state index contributed by atoms with van der Waals surface area (Å²) in [4.78, 5) is 3.28. The lowest BCUT2D eigenvalue weighted by Gasteiger charge is -1.96. The van der Waals surface area contributed by atoms with Crippen LogP contribution >= 0.6 is 0 Å². The minimum atomic E-state index is 0.440. The maximum absolute atomic E-state index is 8.63. The maximum Gasteiger partial charge on any atom is 0.194 e. The third-order valence-corrected chi connectivity index (χ3v) is 1.61. The zero-order chi connectivity index (χ0) is 10.4. The van der Waals surface area contributed by atoms with Gasteiger partial charge in [0, 0.05) is 6.08 Å². The van der Waals surface area contributed by atoms with E-state index in [-0.39, 0.29) is 0 Å². The molecule has 0 bridgehead atoms. The highest BCUT2D eigenvalue weighted by Gasteiger charge is 1.99. The molecule has 0 aliphatic heterocycles. The summed E-state index contributed by atoms with van der Waals surface area (Å²) in [7, 11) is 0. The summed E-state index contributed by atoms with van der Waals surface area (Å²) in [6.07, 6.45) is 2.80. The Balaban J connectivity index is 3.27. The molecular formula is C11H5N3. The van der Waals surface area contributed by atoms with Gasteiger partial charge in [0.25, 0.3) is 0 Å². The molecule has 0 unspecified atom stereocenters. The van der Waals surface area contributed by atoms with Crippen molar-refractivity contribution in [1.82, 2.24) is 0 Å². The van der Waals surface area contributed by atoms with E-state index in [0.29, 0.717) is 16.8 Å². The molecule has 1 aromatic rings. The van der Waals surface area contributed by atoms with Gasteiger partial charge in [-0.3, -0.25) is 0 Å². The minimum absolute atomic E-state index is 0.440. The smallest absolute Gasteiger partial charge is 0.194 e. The Bertz CT molecular complexity index is 493. The maximum atomic E-state index is 8.63. The molecule has 0 aliphatic rings. The van der Waals surface area contributed by atoms with Gasteiger partial charge in [0.2, 0.25) is 0 Å². The van der Waals surface area contributed by atoms with Gasteiger partial charge in [0.1, 0.15) is 0 Å². The van der Waals surface area contributed by atoms with Crippen molar-refractivity contribution in [3.8, 4) is 12.1 Å². The van der Waals surface area contributed by atoms with Gasteiger partial charge in [0.05, 0.1) is 24.3 Å². The van der Waals surface area contributed by atoms with Crippen molar-refractivity contribution in [2.75, 3.05) is 0 Å². The zero-order valence-corrected chi connectivity index (χ0v) is 7.23. The van der Waals surface area contributed by atoms with Crippen LogP contribution < -0.4 is 0 Å². The van der Waals surface area contributed by atoms with Gasteiger partial charge < -0.3 is 0 Å². The first-order valence-corrected chi connectivity index (χ1v) is 3.79. The predicted molar refractivity (Wildman–Crippen MR) is 52.1 cm³/mol. The summed E-state index contributed by atoms with van der Waals surface area (Å²) in [5, 5.41) is 17.0. The summed E-state index contributed by atoms with van der Waals surface area (Å²) in [5.41, 5.74) is 1.52. The zero-order valence-electron chi connectivity index (χ0n) is 7.23. The van der Waals surface area contributed by atoms with Crippen LogP contribution in [0.2, 0.25) is 0 Å². The molecule has 0 atom stereocenters. The summed E-state index contributed by atoms with van der Waals surface area (Å²) >= 11 is 0. The number of nitrogens with zero attached hydrogens (tertiary/aromatic N) is 3. The molecule has 3 heteroatoms. The van der Waals surface area contributed by atoms with Crippen LogP contribution in [0.15, 0.2) is 24.3 Å². The van der Waals surface area contributed by atoms with Crippen LogP contribution in [0.1, 0.15) is 11.1 Å². The molecule has 0 saturated carbocycles. The molecule has 0 aliphatic carbocycles. The molecule has 64 valence electrons. The Kier molecular flexibility index (Phi) is 3.03. The quantitative estimate of drug-likeness (QED) is 0.491. The number of rotatable bonds is 1. The number of benzene rings is 1. The summed E-state index contributed by atoms with van der Waals surface area (Å²) < 4.78 is 0. The van der Waals surface area contributed by atoms with Crippen molar-refractivity contribution in [3.05, 3.63) is 46.8 Å². The Morgan fingerprint density at radius 2 is 2.14 bits per heavy atom. The van der Waals surface area contributed by atoms with Crippen molar-refractivity contribution in [2.24, 2.45) is 0 Å². The van der Waals surface area contributed by atoms with Crippen molar-refractivity contribution in [2.45, 2.75) is 0 Å². The largest absolute Gasteiger partial charge is 0.238 e. The molecule has 0 amide bonds. The van der Waals surface area contributed by atoms with Crippen LogP contribution in [0.25, 0.3) is 10.9 Å². The van der Waals surface area contributed by atoms with E-state index in [1.165, 1.54) is 12.2 Å². The van der Waals surface area contributed by atoms with Gasteiger partial charge in [-0.05, 0) is 11.6 Å². The molecule has 0 aromatic heterocycles. The van der Waals surface area contributed by atoms with Crippen molar-refractivity contribution in [3.63, 3.8) is 0 Å². The highest BCUT2D eigenvalue weighted by molar-refractivity contribution is 5.69. The predicted octanol–water partition coefficient (Wildman–Crippen LogP) is 2.65. The van der Waals surface area contributed by atoms with Crippen molar-refractivity contribution < 1.29 is 0 Å². The number of allylic oxidation sites excluding steroid dienone is 1. The third kappa shape index (κ3) is 1.97. The van der Waals surface area contributed by atoms with Gasteiger partial charge in [0.15, 0.2) is 5.69 Å². The fraction of sp³-hybridized carbons (Fsp3) is 0. The number of hydrogen-bond acceptors (Lipinski definition) is 2. The summed E-state index contributed by atoms with van der Waals surface area (Å²) in [6, 6.07) is 8.55. The second kappa shape index (κ2) is 4.45.